The first-order chi connectivity index (χ1) is 22.2. The highest BCUT2D eigenvalue weighted by Gasteiger charge is 2.15. The van der Waals surface area contributed by atoms with Crippen molar-refractivity contribution in [3.05, 3.63) is 60.8 Å². The first-order valence-corrected chi connectivity index (χ1v) is 17.6. The largest absolute Gasteiger partial charge is 0.463 e. The molecule has 0 rings (SSSR count). The Bertz CT molecular complexity index is 891. The zero-order valence-electron chi connectivity index (χ0n) is 28.8. The van der Waals surface area contributed by atoms with Crippen molar-refractivity contribution in [2.75, 3.05) is 13.2 Å². The number of aliphatic hydroxyl groups is 4. The van der Waals surface area contributed by atoms with Crippen LogP contribution in [-0.4, -0.2) is 70.0 Å². The molecule has 264 valence electrons. The second-order valence-electron chi connectivity index (χ2n) is 12.1. The number of carbonyl (C=O) groups excluding carboxylic acids is 2. The molecular formula is C38H64O8. The van der Waals surface area contributed by atoms with Crippen molar-refractivity contribution in [2.24, 2.45) is 5.92 Å². The summed E-state index contributed by atoms with van der Waals surface area (Å²) in [4.78, 5) is 23.9. The van der Waals surface area contributed by atoms with Crippen LogP contribution in [-0.2, 0) is 19.1 Å². The molecule has 0 fully saturated rings. The molecule has 46 heavy (non-hydrogen) atoms. The lowest BCUT2D eigenvalue weighted by molar-refractivity contribution is -0.152. The molecule has 1 unspecified atom stereocenters. The lowest BCUT2D eigenvalue weighted by atomic mass is 9.99. The van der Waals surface area contributed by atoms with Crippen molar-refractivity contribution in [3.8, 4) is 0 Å². The molecule has 5 atom stereocenters. The Labute approximate surface area is 279 Å². The number of allylic oxidation sites excluding steroid dienone is 7. The van der Waals surface area contributed by atoms with Crippen molar-refractivity contribution < 1.29 is 39.5 Å². The van der Waals surface area contributed by atoms with E-state index in [1.165, 1.54) is 51.0 Å². The first kappa shape index (κ1) is 43.5. The van der Waals surface area contributed by atoms with Crippen LogP contribution >= 0.6 is 0 Å². The van der Waals surface area contributed by atoms with Crippen molar-refractivity contribution in [3.63, 3.8) is 0 Å². The fraction of sp³-hybridized carbons (Fsp3) is 0.684. The van der Waals surface area contributed by atoms with Crippen molar-refractivity contribution in [1.82, 2.24) is 0 Å². The maximum Gasteiger partial charge on any atom is 0.305 e. The summed E-state index contributed by atoms with van der Waals surface area (Å²) in [7, 11) is 0. The van der Waals surface area contributed by atoms with Gasteiger partial charge in [0.05, 0.1) is 18.3 Å². The minimum Gasteiger partial charge on any atom is -0.463 e. The normalized spacial score (nSPS) is 15.7. The highest BCUT2D eigenvalue weighted by molar-refractivity contribution is 5.69. The molecular weight excluding hydrogens is 584 g/mol. The lowest BCUT2D eigenvalue weighted by Crippen LogP contribution is -2.26. The first-order valence-electron chi connectivity index (χ1n) is 17.6. The Hall–Kier alpha value is -2.52. The fourth-order valence-corrected chi connectivity index (χ4v) is 4.46. The smallest absolute Gasteiger partial charge is 0.305 e. The van der Waals surface area contributed by atoms with E-state index >= 15 is 0 Å². The zero-order valence-corrected chi connectivity index (χ0v) is 28.8. The Morgan fingerprint density at radius 3 is 1.74 bits per heavy atom. The van der Waals surface area contributed by atoms with Gasteiger partial charge >= 0.3 is 11.9 Å². The Morgan fingerprint density at radius 2 is 1.15 bits per heavy atom. The maximum atomic E-state index is 12.0. The van der Waals surface area contributed by atoms with Gasteiger partial charge in [-0.05, 0) is 38.0 Å². The molecule has 0 aliphatic carbocycles. The van der Waals surface area contributed by atoms with Crippen LogP contribution in [0.3, 0.4) is 0 Å². The zero-order chi connectivity index (χ0) is 34.3. The van der Waals surface area contributed by atoms with E-state index in [-0.39, 0.29) is 32.0 Å². The van der Waals surface area contributed by atoms with E-state index in [9.17, 15) is 30.0 Å². The highest BCUT2D eigenvalue weighted by Crippen LogP contribution is 2.15. The number of hydrogen-bond acceptors (Lipinski definition) is 8. The van der Waals surface area contributed by atoms with Crippen molar-refractivity contribution in [2.45, 2.75) is 148 Å². The number of esters is 2. The van der Waals surface area contributed by atoms with Gasteiger partial charge in [0.2, 0.25) is 0 Å². The van der Waals surface area contributed by atoms with Crippen LogP contribution in [0.15, 0.2) is 60.8 Å². The fourth-order valence-electron chi connectivity index (χ4n) is 4.46. The molecule has 0 radical (unpaired) electrons. The second-order valence-corrected chi connectivity index (χ2v) is 12.1. The molecule has 0 aromatic heterocycles. The average Bonchev–Trinajstić information content (AvgIpc) is 3.04. The summed E-state index contributed by atoms with van der Waals surface area (Å²) in [5.74, 6) is -0.0595. The third kappa shape index (κ3) is 28.9. The number of hydrogen-bond donors (Lipinski definition) is 4. The van der Waals surface area contributed by atoms with E-state index in [1.807, 2.05) is 19.1 Å². The third-order valence-corrected chi connectivity index (χ3v) is 7.65. The molecule has 0 aromatic rings. The number of unbranched alkanes of at least 4 members (excludes halogenated alkanes) is 7. The summed E-state index contributed by atoms with van der Waals surface area (Å²) in [5, 5.41) is 39.9. The number of ether oxygens (including phenoxy) is 2. The van der Waals surface area contributed by atoms with E-state index in [1.54, 1.807) is 42.5 Å². The second kappa shape index (κ2) is 31.1. The Morgan fingerprint density at radius 1 is 0.630 bits per heavy atom. The molecule has 4 N–H and O–H groups in total. The van der Waals surface area contributed by atoms with E-state index in [0.717, 1.165) is 31.6 Å². The van der Waals surface area contributed by atoms with Crippen LogP contribution in [0.25, 0.3) is 0 Å². The lowest BCUT2D eigenvalue weighted by Gasteiger charge is -2.14. The van der Waals surface area contributed by atoms with Gasteiger partial charge in [0.25, 0.3) is 0 Å². The van der Waals surface area contributed by atoms with E-state index in [2.05, 4.69) is 13.8 Å². The van der Waals surface area contributed by atoms with E-state index in [4.69, 9.17) is 9.47 Å². The molecule has 0 aliphatic heterocycles. The van der Waals surface area contributed by atoms with Gasteiger partial charge in [-0.25, -0.2) is 0 Å². The van der Waals surface area contributed by atoms with Crippen LogP contribution in [0.4, 0.5) is 0 Å². The van der Waals surface area contributed by atoms with Gasteiger partial charge in [-0.3, -0.25) is 9.59 Å². The highest BCUT2D eigenvalue weighted by atomic mass is 16.6. The van der Waals surface area contributed by atoms with Crippen LogP contribution in [0, 0.1) is 5.92 Å². The molecule has 0 bridgehead atoms. The van der Waals surface area contributed by atoms with Crippen LogP contribution in [0.2, 0.25) is 0 Å². The molecule has 8 heteroatoms. The maximum absolute atomic E-state index is 12.0. The SMILES string of the molecule is CC/C=C\C[C@@H](O)/C=C/C=C/C=C\C=C/[C@H](O)[C@@H](O)CCCC(=O)OC[C@@H](O)COC(=O)CCCCCCCCCCC(C)CC. The van der Waals surface area contributed by atoms with Gasteiger partial charge in [0.15, 0.2) is 0 Å². The van der Waals surface area contributed by atoms with Gasteiger partial charge in [0.1, 0.15) is 19.3 Å². The number of rotatable bonds is 29. The van der Waals surface area contributed by atoms with Gasteiger partial charge in [0, 0.05) is 12.8 Å². The predicted octanol–water partition coefficient (Wildman–Crippen LogP) is 7.21. The quantitative estimate of drug-likeness (QED) is 0.0289. The van der Waals surface area contributed by atoms with Gasteiger partial charge in [-0.1, -0.05) is 139 Å². The van der Waals surface area contributed by atoms with Crippen LogP contribution < -0.4 is 0 Å². The standard InChI is InChI=1S/C38H64O8/c1-4-6-17-24-33(39)25-19-14-11-12-15-20-26-35(41)36(42)27-22-29-38(44)46-31-34(40)30-45-37(43)28-21-16-10-8-7-9-13-18-23-32(3)5-2/h6,11-12,14-15,17,19-20,25-26,32-36,39-42H,4-5,7-10,13,16,18,21-24,27-31H2,1-3H3/b14-11+,15-12-,17-6-,25-19+,26-20-/t32?,33-,34+,35+,36+/m1/s1. The molecule has 0 amide bonds. The number of aliphatic hydroxyl groups excluding tert-OH is 4. The summed E-state index contributed by atoms with van der Waals surface area (Å²) in [6.45, 7) is 6.11. The molecule has 0 saturated carbocycles. The Kier molecular flexibility index (Phi) is 29.4. The molecule has 8 nitrogen and oxygen atoms in total. The molecule has 0 spiro atoms. The minimum atomic E-state index is -1.09. The predicted molar refractivity (Wildman–Crippen MR) is 186 cm³/mol. The van der Waals surface area contributed by atoms with Crippen molar-refractivity contribution in [1.29, 1.82) is 0 Å². The molecule has 0 aromatic carbocycles. The van der Waals surface area contributed by atoms with E-state index < -0.39 is 30.4 Å². The number of carbonyl (C=O) groups is 2. The summed E-state index contributed by atoms with van der Waals surface area (Å²) in [6, 6.07) is 0. The van der Waals surface area contributed by atoms with Crippen molar-refractivity contribution >= 4 is 11.9 Å². The monoisotopic (exact) mass is 648 g/mol. The van der Waals surface area contributed by atoms with Gasteiger partial charge in [-0.15, -0.1) is 0 Å². The van der Waals surface area contributed by atoms with Gasteiger partial charge < -0.3 is 29.9 Å². The molecule has 0 saturated heterocycles. The molecule has 0 aliphatic rings. The third-order valence-electron chi connectivity index (χ3n) is 7.65. The topological polar surface area (TPSA) is 134 Å². The summed E-state index contributed by atoms with van der Waals surface area (Å²) in [6.07, 6.45) is 28.0. The van der Waals surface area contributed by atoms with E-state index in [0.29, 0.717) is 19.3 Å². The van der Waals surface area contributed by atoms with Crippen LogP contribution in [0.1, 0.15) is 124 Å². The summed E-state index contributed by atoms with van der Waals surface area (Å²) < 4.78 is 10.1. The minimum absolute atomic E-state index is 0.0276. The van der Waals surface area contributed by atoms with Gasteiger partial charge in [-0.2, -0.15) is 0 Å². The Balaban J connectivity index is 3.87. The molecule has 0 heterocycles. The van der Waals surface area contributed by atoms with Crippen LogP contribution in [0.5, 0.6) is 0 Å². The summed E-state index contributed by atoms with van der Waals surface area (Å²) >= 11 is 0. The summed E-state index contributed by atoms with van der Waals surface area (Å²) in [5.41, 5.74) is 0. The average molecular weight is 649 g/mol.